The maximum atomic E-state index is 5.83. The van der Waals surface area contributed by atoms with Gasteiger partial charge in [0.1, 0.15) is 11.5 Å². The fourth-order valence-corrected chi connectivity index (χ4v) is 2.11. The minimum atomic E-state index is 0.505. The summed E-state index contributed by atoms with van der Waals surface area (Å²) < 4.78 is 16.5. The second kappa shape index (κ2) is 6.69. The Balaban J connectivity index is 2.11. The predicted molar refractivity (Wildman–Crippen MR) is 71.7 cm³/mol. The Kier molecular flexibility index (Phi) is 4.94. The molecule has 0 N–H and O–H groups in total. The van der Waals surface area contributed by atoms with Crippen molar-refractivity contribution in [3.8, 4) is 11.5 Å². The van der Waals surface area contributed by atoms with Crippen LogP contribution in [-0.2, 0) is 17.5 Å². The van der Waals surface area contributed by atoms with Crippen LogP contribution in [0, 0.1) is 0 Å². The molecule has 1 aromatic rings. The largest absolute Gasteiger partial charge is 0.493 e. The lowest BCUT2D eigenvalue weighted by atomic mass is 9.93. The first-order valence-corrected chi connectivity index (χ1v) is 6.45. The summed E-state index contributed by atoms with van der Waals surface area (Å²) in [5, 5.41) is 0. The van der Waals surface area contributed by atoms with Crippen molar-refractivity contribution in [1.82, 2.24) is 0 Å². The zero-order valence-electron chi connectivity index (χ0n) is 10.9. The molecular formula is C14H19BO3. The molecule has 18 heavy (non-hydrogen) atoms. The molecule has 0 atom stereocenters. The third kappa shape index (κ3) is 3.19. The second-order valence-corrected chi connectivity index (χ2v) is 4.42. The molecule has 0 spiro atoms. The topological polar surface area (TPSA) is 27.7 Å². The molecule has 0 fully saturated rings. The fourth-order valence-electron chi connectivity index (χ4n) is 2.11. The molecule has 2 rings (SSSR count). The lowest BCUT2D eigenvalue weighted by Gasteiger charge is -2.21. The van der Waals surface area contributed by atoms with Gasteiger partial charge >= 0.3 is 0 Å². The van der Waals surface area contributed by atoms with Crippen LogP contribution in [0.4, 0.5) is 0 Å². The van der Waals surface area contributed by atoms with Crippen LogP contribution in [0.15, 0.2) is 12.1 Å². The van der Waals surface area contributed by atoms with Crippen molar-refractivity contribution in [3.05, 3.63) is 23.3 Å². The smallest absolute Gasteiger partial charge is 0.126 e. The molecule has 0 saturated heterocycles. The van der Waals surface area contributed by atoms with Gasteiger partial charge in [-0.05, 0) is 30.5 Å². The van der Waals surface area contributed by atoms with Gasteiger partial charge in [0.2, 0.25) is 0 Å². The van der Waals surface area contributed by atoms with Gasteiger partial charge in [0.25, 0.3) is 0 Å². The first-order valence-electron chi connectivity index (χ1n) is 6.45. The zero-order valence-corrected chi connectivity index (χ0v) is 10.9. The van der Waals surface area contributed by atoms with Crippen LogP contribution in [0.5, 0.6) is 11.5 Å². The lowest BCUT2D eigenvalue weighted by Crippen LogP contribution is -2.12. The van der Waals surface area contributed by atoms with Crippen molar-refractivity contribution >= 4 is 7.85 Å². The molecule has 0 saturated carbocycles. The van der Waals surface area contributed by atoms with E-state index in [1.54, 1.807) is 7.11 Å². The highest BCUT2D eigenvalue weighted by atomic mass is 16.5. The summed E-state index contributed by atoms with van der Waals surface area (Å²) in [5.74, 6) is 1.86. The van der Waals surface area contributed by atoms with Gasteiger partial charge < -0.3 is 14.2 Å². The Hall–Kier alpha value is -1.16. The minimum absolute atomic E-state index is 0.505. The van der Waals surface area contributed by atoms with Gasteiger partial charge in [0.05, 0.1) is 21.1 Å². The van der Waals surface area contributed by atoms with E-state index in [0.29, 0.717) is 12.9 Å². The van der Waals surface area contributed by atoms with Crippen molar-refractivity contribution in [2.75, 3.05) is 26.9 Å². The predicted octanol–water partition coefficient (Wildman–Crippen LogP) is 2.10. The quantitative estimate of drug-likeness (QED) is 0.568. The molecule has 0 aliphatic carbocycles. The van der Waals surface area contributed by atoms with E-state index in [-0.39, 0.29) is 0 Å². The maximum absolute atomic E-state index is 5.83. The third-order valence-electron chi connectivity index (χ3n) is 3.04. The van der Waals surface area contributed by atoms with E-state index in [0.717, 1.165) is 49.5 Å². The van der Waals surface area contributed by atoms with Crippen molar-refractivity contribution < 1.29 is 14.2 Å². The summed E-state index contributed by atoms with van der Waals surface area (Å²) in [6.45, 7) is 2.16. The van der Waals surface area contributed by atoms with E-state index in [1.807, 2.05) is 12.1 Å². The average molecular weight is 246 g/mol. The molecule has 2 radical (unpaired) electrons. The molecular weight excluding hydrogens is 227 g/mol. The summed E-state index contributed by atoms with van der Waals surface area (Å²) in [6, 6.07) is 4.05. The van der Waals surface area contributed by atoms with Crippen molar-refractivity contribution in [3.63, 3.8) is 0 Å². The Bertz CT molecular complexity index is 393. The molecule has 1 aliphatic heterocycles. The molecule has 3 nitrogen and oxygen atoms in total. The number of rotatable bonds is 6. The fraction of sp³-hybridized carbons (Fsp3) is 0.571. The van der Waals surface area contributed by atoms with Gasteiger partial charge in [-0.1, -0.05) is 6.32 Å². The summed E-state index contributed by atoms with van der Waals surface area (Å²) >= 11 is 0. The van der Waals surface area contributed by atoms with Crippen LogP contribution < -0.4 is 9.47 Å². The van der Waals surface area contributed by atoms with Crippen LogP contribution in [0.2, 0.25) is 0 Å². The molecule has 1 heterocycles. The third-order valence-corrected chi connectivity index (χ3v) is 3.04. The first kappa shape index (κ1) is 13.3. The van der Waals surface area contributed by atoms with Gasteiger partial charge in [0, 0.05) is 25.7 Å². The highest BCUT2D eigenvalue weighted by molar-refractivity contribution is 6.08. The van der Waals surface area contributed by atoms with Crippen molar-refractivity contribution in [2.24, 2.45) is 0 Å². The highest BCUT2D eigenvalue weighted by Gasteiger charge is 2.16. The number of hydrogen-bond acceptors (Lipinski definition) is 3. The minimum Gasteiger partial charge on any atom is -0.493 e. The molecule has 4 heteroatoms. The van der Waals surface area contributed by atoms with E-state index in [2.05, 4.69) is 0 Å². The van der Waals surface area contributed by atoms with Gasteiger partial charge in [-0.3, -0.25) is 0 Å². The molecule has 1 aromatic carbocycles. The Morgan fingerprint density at radius 1 is 1.33 bits per heavy atom. The number of benzene rings is 1. The Morgan fingerprint density at radius 2 is 2.22 bits per heavy atom. The number of methoxy groups -OCH3 is 1. The normalized spacial score (nSPS) is 13.8. The molecule has 0 aromatic heterocycles. The van der Waals surface area contributed by atoms with Gasteiger partial charge in [-0.2, -0.15) is 0 Å². The number of ether oxygens (including phenoxy) is 3. The first-order chi connectivity index (χ1) is 8.85. The molecule has 1 aliphatic rings. The monoisotopic (exact) mass is 246 g/mol. The molecule has 0 unspecified atom stereocenters. The summed E-state index contributed by atoms with van der Waals surface area (Å²) in [6.07, 6.45) is 3.45. The summed E-state index contributed by atoms with van der Waals surface area (Å²) in [4.78, 5) is 0. The second-order valence-electron chi connectivity index (χ2n) is 4.42. The molecule has 0 bridgehead atoms. The highest BCUT2D eigenvalue weighted by Crippen LogP contribution is 2.34. The zero-order chi connectivity index (χ0) is 12.8. The molecule has 0 amide bonds. The van der Waals surface area contributed by atoms with E-state index < -0.39 is 0 Å². The summed E-state index contributed by atoms with van der Waals surface area (Å²) in [5.41, 5.74) is 2.23. The van der Waals surface area contributed by atoms with Crippen LogP contribution in [0.3, 0.4) is 0 Å². The Labute approximate surface area is 110 Å². The lowest BCUT2D eigenvalue weighted by molar-refractivity contribution is 0.171. The maximum Gasteiger partial charge on any atom is 0.126 e. The van der Waals surface area contributed by atoms with E-state index >= 15 is 0 Å². The summed E-state index contributed by atoms with van der Waals surface area (Å²) in [7, 11) is 7.40. The SMILES string of the molecule is [B]Cc1cc(OCCCOC)c2c(c1)OCCC2. The Morgan fingerprint density at radius 3 is 3.00 bits per heavy atom. The van der Waals surface area contributed by atoms with Gasteiger partial charge in [-0.15, -0.1) is 0 Å². The van der Waals surface area contributed by atoms with E-state index in [9.17, 15) is 0 Å². The van der Waals surface area contributed by atoms with Crippen molar-refractivity contribution in [1.29, 1.82) is 0 Å². The standard InChI is InChI=1S/C14H19BO3/c1-16-5-3-7-18-14-9-11(10-15)8-13-12(14)4-2-6-17-13/h8-9H,2-7,10H2,1H3. The van der Waals surface area contributed by atoms with Gasteiger partial charge in [-0.25, -0.2) is 0 Å². The van der Waals surface area contributed by atoms with E-state index in [1.165, 1.54) is 5.56 Å². The van der Waals surface area contributed by atoms with Crippen LogP contribution in [-0.4, -0.2) is 34.8 Å². The van der Waals surface area contributed by atoms with E-state index in [4.69, 9.17) is 22.1 Å². The van der Waals surface area contributed by atoms with Crippen LogP contribution in [0.1, 0.15) is 24.0 Å². The number of hydrogen-bond donors (Lipinski definition) is 0. The van der Waals surface area contributed by atoms with Gasteiger partial charge in [0.15, 0.2) is 0 Å². The van der Waals surface area contributed by atoms with Crippen molar-refractivity contribution in [2.45, 2.75) is 25.6 Å². The van der Waals surface area contributed by atoms with Crippen LogP contribution >= 0.6 is 0 Å². The van der Waals surface area contributed by atoms with Crippen LogP contribution in [0.25, 0.3) is 0 Å². The number of fused-ring (bicyclic) bond motifs is 1. The molecule has 96 valence electrons. The average Bonchev–Trinajstić information content (AvgIpc) is 2.43.